The summed E-state index contributed by atoms with van der Waals surface area (Å²) in [5.74, 6) is -1.35. The quantitative estimate of drug-likeness (QED) is 0.619. The van der Waals surface area contributed by atoms with Gasteiger partial charge in [0.25, 0.3) is 0 Å². The zero-order valence-electron chi connectivity index (χ0n) is 14.7. The lowest BCUT2D eigenvalue weighted by molar-refractivity contribution is -0.117. The summed E-state index contributed by atoms with van der Waals surface area (Å²) in [5, 5.41) is 11.9. The topological polar surface area (TPSA) is 78.9 Å². The van der Waals surface area contributed by atoms with Crippen molar-refractivity contribution in [3.8, 4) is 0 Å². The zero-order valence-corrected chi connectivity index (χ0v) is 16.3. The van der Waals surface area contributed by atoms with Crippen LogP contribution in [0.5, 0.6) is 0 Å². The number of halogens is 2. The molecule has 2 N–H and O–H groups in total. The summed E-state index contributed by atoms with van der Waals surface area (Å²) in [4.78, 5) is 25.8. The van der Waals surface area contributed by atoms with Gasteiger partial charge in [0.1, 0.15) is 5.82 Å². The zero-order chi connectivity index (χ0) is 19.8. The molecule has 144 valence electrons. The SMILES string of the molecule is COC(=O)c1ccccc1NC(=O)CN(CCO)Cc1cc(Br)ccc1F. The van der Waals surface area contributed by atoms with Gasteiger partial charge >= 0.3 is 5.97 Å². The molecule has 0 fully saturated rings. The molecular weight excluding hydrogens is 419 g/mol. The van der Waals surface area contributed by atoms with Crippen molar-refractivity contribution >= 4 is 33.5 Å². The Hall–Kier alpha value is -2.29. The Balaban J connectivity index is 2.09. The van der Waals surface area contributed by atoms with Crippen molar-refractivity contribution in [2.24, 2.45) is 0 Å². The molecule has 0 saturated heterocycles. The lowest BCUT2D eigenvalue weighted by Crippen LogP contribution is -2.35. The van der Waals surface area contributed by atoms with Crippen molar-refractivity contribution in [1.82, 2.24) is 4.90 Å². The van der Waals surface area contributed by atoms with Gasteiger partial charge in [-0.15, -0.1) is 0 Å². The molecule has 27 heavy (non-hydrogen) atoms. The number of rotatable bonds is 8. The molecule has 0 bridgehead atoms. The third-order valence-corrected chi connectivity index (χ3v) is 4.28. The monoisotopic (exact) mass is 438 g/mol. The number of carbonyl (C=O) groups excluding carboxylic acids is 2. The number of nitrogens with zero attached hydrogens (tertiary/aromatic N) is 1. The van der Waals surface area contributed by atoms with Crippen molar-refractivity contribution in [3.63, 3.8) is 0 Å². The van der Waals surface area contributed by atoms with E-state index in [1.807, 2.05) is 0 Å². The summed E-state index contributed by atoms with van der Waals surface area (Å²) in [7, 11) is 1.26. The average Bonchev–Trinajstić information content (AvgIpc) is 2.64. The van der Waals surface area contributed by atoms with Crippen LogP contribution in [0.1, 0.15) is 15.9 Å². The number of aliphatic hydroxyl groups is 1. The highest BCUT2D eigenvalue weighted by Gasteiger charge is 2.17. The van der Waals surface area contributed by atoms with Crippen LogP contribution in [0.4, 0.5) is 10.1 Å². The van der Waals surface area contributed by atoms with E-state index in [1.165, 1.54) is 13.2 Å². The molecule has 0 spiro atoms. The molecule has 0 unspecified atom stereocenters. The first-order valence-electron chi connectivity index (χ1n) is 8.19. The third-order valence-electron chi connectivity index (χ3n) is 3.79. The fourth-order valence-electron chi connectivity index (χ4n) is 2.53. The Labute approximate surface area is 165 Å². The molecule has 2 rings (SSSR count). The third kappa shape index (κ3) is 6.13. The van der Waals surface area contributed by atoms with E-state index in [0.717, 1.165) is 4.47 Å². The van der Waals surface area contributed by atoms with Crippen LogP contribution in [0, 0.1) is 5.82 Å². The Kier molecular flexibility index (Phi) is 7.90. The minimum absolute atomic E-state index is 0.0813. The van der Waals surface area contributed by atoms with E-state index in [4.69, 9.17) is 4.74 Å². The molecule has 6 nitrogen and oxygen atoms in total. The molecule has 0 atom stereocenters. The van der Waals surface area contributed by atoms with Gasteiger partial charge in [0.2, 0.25) is 5.91 Å². The van der Waals surface area contributed by atoms with Gasteiger partial charge in [0.15, 0.2) is 0 Å². The number of carbonyl (C=O) groups is 2. The lowest BCUT2D eigenvalue weighted by atomic mass is 10.1. The molecule has 0 aliphatic heterocycles. The molecule has 0 radical (unpaired) electrons. The first-order valence-corrected chi connectivity index (χ1v) is 8.98. The van der Waals surface area contributed by atoms with Crippen LogP contribution in [0.25, 0.3) is 0 Å². The minimum Gasteiger partial charge on any atom is -0.465 e. The second-order valence-corrected chi connectivity index (χ2v) is 6.67. The van der Waals surface area contributed by atoms with Gasteiger partial charge in [-0.05, 0) is 30.3 Å². The van der Waals surface area contributed by atoms with E-state index < -0.39 is 17.7 Å². The number of amides is 1. The van der Waals surface area contributed by atoms with Crippen LogP contribution in [0.3, 0.4) is 0 Å². The predicted octanol–water partition coefficient (Wildman–Crippen LogP) is 2.81. The predicted molar refractivity (Wildman–Crippen MR) is 103 cm³/mol. The first-order chi connectivity index (χ1) is 12.9. The van der Waals surface area contributed by atoms with Crippen molar-refractivity contribution in [1.29, 1.82) is 0 Å². The van der Waals surface area contributed by atoms with Crippen LogP contribution in [0.2, 0.25) is 0 Å². The van der Waals surface area contributed by atoms with Gasteiger partial charge in [-0.1, -0.05) is 28.1 Å². The Bertz CT molecular complexity index is 816. The molecule has 1 amide bonds. The molecule has 8 heteroatoms. The summed E-state index contributed by atoms with van der Waals surface area (Å²) >= 11 is 3.29. The lowest BCUT2D eigenvalue weighted by Gasteiger charge is -2.21. The van der Waals surface area contributed by atoms with Crippen LogP contribution in [0.15, 0.2) is 46.9 Å². The van der Waals surface area contributed by atoms with Gasteiger partial charge in [-0.25, -0.2) is 9.18 Å². The van der Waals surface area contributed by atoms with Gasteiger partial charge < -0.3 is 15.2 Å². The minimum atomic E-state index is -0.561. The van der Waals surface area contributed by atoms with Crippen molar-refractivity contribution < 1.29 is 23.8 Å². The Morgan fingerprint density at radius 2 is 2.00 bits per heavy atom. The van der Waals surface area contributed by atoms with Gasteiger partial charge in [0.05, 0.1) is 31.5 Å². The molecule has 0 aromatic heterocycles. The maximum Gasteiger partial charge on any atom is 0.339 e. The summed E-state index contributed by atoms with van der Waals surface area (Å²) in [6.45, 7) is 0.0829. The number of methoxy groups -OCH3 is 1. The molecule has 0 saturated carbocycles. The fraction of sp³-hybridized carbons (Fsp3) is 0.263. The normalized spacial score (nSPS) is 10.7. The summed E-state index contributed by atoms with van der Waals surface area (Å²) in [5.41, 5.74) is 0.965. The largest absolute Gasteiger partial charge is 0.465 e. The highest BCUT2D eigenvalue weighted by Crippen LogP contribution is 2.18. The van der Waals surface area contributed by atoms with E-state index in [0.29, 0.717) is 11.3 Å². The van der Waals surface area contributed by atoms with Gasteiger partial charge in [0, 0.05) is 23.1 Å². The van der Waals surface area contributed by atoms with E-state index in [2.05, 4.69) is 21.2 Å². The highest BCUT2D eigenvalue weighted by molar-refractivity contribution is 9.10. The van der Waals surface area contributed by atoms with Crippen molar-refractivity contribution in [3.05, 3.63) is 63.9 Å². The van der Waals surface area contributed by atoms with Crippen molar-refractivity contribution in [2.45, 2.75) is 6.54 Å². The van der Waals surface area contributed by atoms with Gasteiger partial charge in [-0.2, -0.15) is 0 Å². The molecule has 2 aromatic rings. The summed E-state index contributed by atoms with van der Waals surface area (Å²) < 4.78 is 19.4. The summed E-state index contributed by atoms with van der Waals surface area (Å²) in [6.07, 6.45) is 0. The second-order valence-electron chi connectivity index (χ2n) is 5.76. The number of anilines is 1. The molecule has 0 heterocycles. The number of hydrogen-bond acceptors (Lipinski definition) is 5. The standard InChI is InChI=1S/C19H20BrFN2O4/c1-27-19(26)15-4-2-3-5-17(15)22-18(25)12-23(8-9-24)11-13-10-14(20)6-7-16(13)21/h2-7,10,24H,8-9,11-12H2,1H3,(H,22,25). The fourth-order valence-corrected chi connectivity index (χ4v) is 2.94. The van der Waals surface area contributed by atoms with E-state index in [1.54, 1.807) is 41.3 Å². The van der Waals surface area contributed by atoms with E-state index in [9.17, 15) is 19.1 Å². The number of benzene rings is 2. The molecule has 2 aromatic carbocycles. The maximum absolute atomic E-state index is 14.0. The summed E-state index contributed by atoms with van der Waals surface area (Å²) in [6, 6.07) is 11.0. The number of ether oxygens (including phenoxy) is 1. The van der Waals surface area contributed by atoms with Crippen LogP contribution < -0.4 is 5.32 Å². The average molecular weight is 439 g/mol. The molecular formula is C19H20BrFN2O4. The highest BCUT2D eigenvalue weighted by atomic mass is 79.9. The number of esters is 1. The van der Waals surface area contributed by atoms with Gasteiger partial charge in [-0.3, -0.25) is 9.69 Å². The number of hydrogen-bond donors (Lipinski definition) is 2. The Morgan fingerprint density at radius 1 is 1.26 bits per heavy atom. The Morgan fingerprint density at radius 3 is 2.70 bits per heavy atom. The maximum atomic E-state index is 14.0. The molecule has 0 aliphatic carbocycles. The number of para-hydroxylation sites is 1. The number of aliphatic hydroxyl groups excluding tert-OH is 1. The van der Waals surface area contributed by atoms with E-state index in [-0.39, 0.29) is 31.8 Å². The van der Waals surface area contributed by atoms with Crippen molar-refractivity contribution in [2.75, 3.05) is 32.1 Å². The smallest absolute Gasteiger partial charge is 0.339 e. The second kappa shape index (κ2) is 10.1. The number of nitrogens with one attached hydrogen (secondary N) is 1. The van der Waals surface area contributed by atoms with Crippen LogP contribution in [-0.4, -0.2) is 48.7 Å². The van der Waals surface area contributed by atoms with Crippen LogP contribution >= 0.6 is 15.9 Å². The first kappa shape index (κ1) is 21.0. The van der Waals surface area contributed by atoms with E-state index >= 15 is 0 Å². The van der Waals surface area contributed by atoms with Crippen LogP contribution in [-0.2, 0) is 16.1 Å². The molecule has 0 aliphatic rings.